The van der Waals surface area contributed by atoms with Crippen molar-refractivity contribution in [2.45, 2.75) is 19.5 Å². The predicted molar refractivity (Wildman–Crippen MR) is 72.1 cm³/mol. The van der Waals surface area contributed by atoms with Gasteiger partial charge in [0.1, 0.15) is 0 Å². The summed E-state index contributed by atoms with van der Waals surface area (Å²) >= 11 is -1.47. The van der Waals surface area contributed by atoms with Crippen molar-refractivity contribution in [2.24, 2.45) is 0 Å². The Hall–Kier alpha value is -0.690. The molecule has 1 heteroatoms. The molecule has 0 bridgehead atoms. The van der Waals surface area contributed by atoms with E-state index in [-0.39, 0.29) is 0 Å². The first-order chi connectivity index (χ1) is 8.11. The molecule has 1 aliphatic carbocycles. The van der Waals surface area contributed by atoms with E-state index in [9.17, 15) is 0 Å². The van der Waals surface area contributed by atoms with Crippen LogP contribution in [0.1, 0.15) is 18.1 Å². The summed E-state index contributed by atoms with van der Waals surface area (Å²) in [5.74, 6) is 0. The summed E-state index contributed by atoms with van der Waals surface area (Å²) in [7, 11) is 0. The van der Waals surface area contributed by atoms with Gasteiger partial charge in [0.15, 0.2) is 0 Å². The van der Waals surface area contributed by atoms with E-state index in [1.165, 1.54) is 16.3 Å². The zero-order valence-corrected chi connectivity index (χ0v) is 14.2. The van der Waals surface area contributed by atoms with Crippen LogP contribution in [0.4, 0.5) is 0 Å². The van der Waals surface area contributed by atoms with Crippen molar-refractivity contribution in [1.82, 2.24) is 0 Å². The van der Waals surface area contributed by atoms with Gasteiger partial charge in [-0.2, -0.15) is 0 Å². The molecule has 0 amide bonds. The van der Waals surface area contributed by atoms with Gasteiger partial charge in [0.25, 0.3) is 0 Å². The Morgan fingerprint density at radius 1 is 1.00 bits per heavy atom. The van der Waals surface area contributed by atoms with Gasteiger partial charge in [-0.1, -0.05) is 0 Å². The fourth-order valence-corrected chi connectivity index (χ4v) is 6.84. The van der Waals surface area contributed by atoms with E-state index in [0.717, 1.165) is 0 Å². The Balaban J connectivity index is 2.28. The van der Waals surface area contributed by atoms with E-state index >= 15 is 0 Å². The van der Waals surface area contributed by atoms with E-state index < -0.39 is 21.4 Å². The predicted octanol–water partition coefficient (Wildman–Crippen LogP) is 4.80. The Morgan fingerprint density at radius 3 is 2.29 bits per heavy atom. The zero-order valence-electron chi connectivity index (χ0n) is 10.6. The van der Waals surface area contributed by atoms with Crippen LogP contribution < -0.4 is 0 Å². The molecule has 2 aromatic carbocycles. The molecule has 1 atom stereocenters. The second-order valence-electron chi connectivity index (χ2n) is 5.32. The van der Waals surface area contributed by atoms with Crippen LogP contribution in [-0.4, -0.2) is 0 Å². The summed E-state index contributed by atoms with van der Waals surface area (Å²) in [6.07, 6.45) is 4.79. The van der Waals surface area contributed by atoms with Crippen LogP contribution in [0.15, 0.2) is 42.5 Å². The molecule has 0 aliphatic heterocycles. The summed E-state index contributed by atoms with van der Waals surface area (Å²) in [6, 6.07) is 13.5. The first-order valence-electron chi connectivity index (χ1n) is 6.14. The first kappa shape index (κ1) is 11.4. The van der Waals surface area contributed by atoms with E-state index in [4.69, 9.17) is 0 Å². The Morgan fingerprint density at radius 2 is 1.65 bits per heavy atom. The molecule has 17 heavy (non-hydrogen) atoms. The van der Waals surface area contributed by atoms with Crippen LogP contribution in [0.5, 0.6) is 0 Å². The van der Waals surface area contributed by atoms with E-state index in [0.29, 0.717) is 3.17 Å². The summed E-state index contributed by atoms with van der Waals surface area (Å²) < 4.78 is 5.43. The molecule has 1 aliphatic rings. The summed E-state index contributed by atoms with van der Waals surface area (Å²) in [5.41, 5.74) is 3.01. The molecule has 1 unspecified atom stereocenters. The number of fused-ring (bicyclic) bond motifs is 2. The average Bonchev–Trinajstić information content (AvgIpc) is 2.66. The van der Waals surface area contributed by atoms with Gasteiger partial charge in [0.05, 0.1) is 0 Å². The monoisotopic (exact) mass is 389 g/mol. The third-order valence-corrected chi connectivity index (χ3v) is 13.1. The van der Waals surface area contributed by atoms with Crippen molar-refractivity contribution >= 4 is 16.8 Å². The Kier molecular flexibility index (Phi) is 2.62. The van der Waals surface area contributed by atoms with Gasteiger partial charge in [-0.25, -0.2) is 0 Å². The van der Waals surface area contributed by atoms with Crippen molar-refractivity contribution in [3.63, 3.8) is 0 Å². The summed E-state index contributed by atoms with van der Waals surface area (Å²) in [4.78, 5) is 0. The van der Waals surface area contributed by atoms with Gasteiger partial charge in [-0.3, -0.25) is 0 Å². The van der Waals surface area contributed by atoms with Crippen LogP contribution in [0.25, 0.3) is 16.8 Å². The van der Waals surface area contributed by atoms with Crippen LogP contribution in [-0.2, 0) is 24.6 Å². The third-order valence-electron chi connectivity index (χ3n) is 4.11. The Bertz CT molecular complexity index is 610. The molecule has 2 aromatic rings. The van der Waals surface area contributed by atoms with E-state index in [1.54, 1.807) is 5.56 Å². The fraction of sp³-hybridized carbons (Fsp3) is 0.250. The second-order valence-corrected chi connectivity index (χ2v) is 16.2. The molecule has 0 saturated heterocycles. The van der Waals surface area contributed by atoms with Gasteiger partial charge in [-0.05, 0) is 0 Å². The SMILES string of the molecule is [CH3][Hf]([CH3])[C]1(C)C=Cc2cc3ccccc3cc21. The van der Waals surface area contributed by atoms with E-state index in [1.807, 2.05) is 0 Å². The molecule has 0 spiro atoms. The molecule has 0 N–H and O–H groups in total. The molecular formula is C16H17Hf. The normalized spacial score (nSPS) is 21.8. The van der Waals surface area contributed by atoms with Crippen molar-refractivity contribution in [3.05, 3.63) is 53.6 Å². The molecule has 0 nitrogen and oxygen atoms in total. The number of rotatable bonds is 1. The zero-order chi connectivity index (χ0) is 12.0. The first-order valence-corrected chi connectivity index (χ1v) is 15.1. The molecule has 0 radical (unpaired) electrons. The standard InChI is InChI=1S/C14H11.2CH3.Hf/c1-10-6-7-13-8-11-4-2-3-5-12(11)9-14(10)13;;;/h2-9H,1H3;2*1H3;. The second kappa shape index (κ2) is 3.91. The number of hydrogen-bond acceptors (Lipinski definition) is 0. The van der Waals surface area contributed by atoms with Crippen molar-refractivity contribution < 1.29 is 21.4 Å². The maximum atomic E-state index is 2.51. The molecule has 85 valence electrons. The van der Waals surface area contributed by atoms with Gasteiger partial charge in [-0.15, -0.1) is 0 Å². The fourth-order valence-electron chi connectivity index (χ4n) is 2.63. The molecular weight excluding hydrogens is 371 g/mol. The van der Waals surface area contributed by atoms with Crippen LogP contribution in [0.2, 0.25) is 9.36 Å². The maximum absolute atomic E-state index is 2.51. The molecule has 0 heterocycles. The third kappa shape index (κ3) is 1.67. The number of hydrogen-bond donors (Lipinski definition) is 0. The van der Waals surface area contributed by atoms with Crippen molar-refractivity contribution in [2.75, 3.05) is 0 Å². The van der Waals surface area contributed by atoms with Crippen LogP contribution >= 0.6 is 0 Å². The molecule has 0 aromatic heterocycles. The van der Waals surface area contributed by atoms with Gasteiger partial charge in [0.2, 0.25) is 0 Å². The van der Waals surface area contributed by atoms with Gasteiger partial charge >= 0.3 is 111 Å². The van der Waals surface area contributed by atoms with Crippen molar-refractivity contribution in [1.29, 1.82) is 0 Å². The summed E-state index contributed by atoms with van der Waals surface area (Å²) in [5, 5.41) is 2.74. The molecule has 0 fully saturated rings. The molecule has 0 saturated carbocycles. The summed E-state index contributed by atoms with van der Waals surface area (Å²) in [6.45, 7) is 2.44. The van der Waals surface area contributed by atoms with E-state index in [2.05, 4.69) is 64.8 Å². The topological polar surface area (TPSA) is 0 Å². The number of allylic oxidation sites excluding steroid dienone is 1. The number of benzene rings is 2. The van der Waals surface area contributed by atoms with Crippen molar-refractivity contribution in [3.8, 4) is 0 Å². The molecule has 3 rings (SSSR count). The quantitative estimate of drug-likeness (QED) is 0.617. The average molecular weight is 388 g/mol. The Labute approximate surface area is 111 Å². The van der Waals surface area contributed by atoms with Crippen LogP contribution in [0, 0.1) is 0 Å². The minimum absolute atomic E-state index is 0.407. The van der Waals surface area contributed by atoms with Gasteiger partial charge in [0, 0.05) is 0 Å². The van der Waals surface area contributed by atoms with Gasteiger partial charge < -0.3 is 0 Å². The van der Waals surface area contributed by atoms with Crippen LogP contribution in [0.3, 0.4) is 0 Å². The minimum atomic E-state index is -1.47.